The second kappa shape index (κ2) is 5.92. The Labute approximate surface area is 155 Å². The largest absolute Gasteiger partial charge is 0.348 e. The topological polar surface area (TPSA) is 98.8 Å². The molecule has 0 radical (unpaired) electrons. The Morgan fingerprint density at radius 1 is 1.26 bits per heavy atom. The van der Waals surface area contributed by atoms with Gasteiger partial charge in [0, 0.05) is 24.9 Å². The van der Waals surface area contributed by atoms with E-state index in [9.17, 15) is 0 Å². The summed E-state index contributed by atoms with van der Waals surface area (Å²) in [5.41, 5.74) is 5.51. The van der Waals surface area contributed by atoms with E-state index in [1.807, 2.05) is 22.8 Å². The van der Waals surface area contributed by atoms with Crippen LogP contribution in [0.5, 0.6) is 0 Å². The third kappa shape index (κ3) is 2.44. The van der Waals surface area contributed by atoms with Gasteiger partial charge in [0.25, 0.3) is 0 Å². The maximum Gasteiger partial charge on any atom is 0.158 e. The van der Waals surface area contributed by atoms with E-state index < -0.39 is 0 Å². The van der Waals surface area contributed by atoms with Crippen molar-refractivity contribution in [2.45, 2.75) is 19.4 Å². The molecule has 8 heteroatoms. The van der Waals surface area contributed by atoms with E-state index in [2.05, 4.69) is 43.9 Å². The smallest absolute Gasteiger partial charge is 0.158 e. The van der Waals surface area contributed by atoms with Crippen molar-refractivity contribution in [1.29, 1.82) is 5.26 Å². The summed E-state index contributed by atoms with van der Waals surface area (Å²) in [6.45, 7) is 2.83. The van der Waals surface area contributed by atoms with Crippen LogP contribution in [0.15, 0.2) is 43.1 Å². The minimum absolute atomic E-state index is 0.165. The highest BCUT2D eigenvalue weighted by Crippen LogP contribution is 2.35. The number of fused-ring (bicyclic) bond motifs is 2. The average Bonchev–Trinajstić information content (AvgIpc) is 3.35. The van der Waals surface area contributed by atoms with Gasteiger partial charge in [0.1, 0.15) is 17.9 Å². The molecule has 0 unspecified atom stereocenters. The molecule has 5 rings (SSSR count). The molecule has 0 aliphatic carbocycles. The van der Waals surface area contributed by atoms with Crippen molar-refractivity contribution in [3.63, 3.8) is 0 Å². The Bertz CT molecular complexity index is 1160. The van der Waals surface area contributed by atoms with Crippen LogP contribution in [0.4, 0.5) is 5.82 Å². The maximum atomic E-state index is 8.98. The van der Waals surface area contributed by atoms with E-state index in [1.54, 1.807) is 12.5 Å². The number of anilines is 1. The van der Waals surface area contributed by atoms with Crippen LogP contribution in [0.1, 0.15) is 34.4 Å². The van der Waals surface area contributed by atoms with Gasteiger partial charge in [-0.05, 0) is 24.6 Å². The van der Waals surface area contributed by atoms with Gasteiger partial charge in [0.15, 0.2) is 5.69 Å². The van der Waals surface area contributed by atoms with E-state index in [4.69, 9.17) is 10.4 Å². The van der Waals surface area contributed by atoms with Gasteiger partial charge in [-0.25, -0.2) is 19.5 Å². The highest BCUT2D eigenvalue weighted by Gasteiger charge is 2.34. The molecular weight excluding hydrogens is 340 g/mol. The fourth-order valence-electron chi connectivity index (χ4n) is 3.66. The number of nitriles is 1. The Kier molecular flexibility index (Phi) is 3.40. The van der Waals surface area contributed by atoms with Crippen LogP contribution in [0, 0.1) is 18.3 Å². The van der Waals surface area contributed by atoms with Crippen molar-refractivity contribution in [1.82, 2.24) is 29.5 Å². The lowest BCUT2D eigenvalue weighted by atomic mass is 9.99. The summed E-state index contributed by atoms with van der Waals surface area (Å²) in [4.78, 5) is 18.6. The Hall–Kier alpha value is -3.73. The van der Waals surface area contributed by atoms with Crippen molar-refractivity contribution in [3.05, 3.63) is 71.5 Å². The molecule has 0 saturated heterocycles. The van der Waals surface area contributed by atoms with Crippen molar-refractivity contribution in [2.75, 3.05) is 11.4 Å². The maximum absolute atomic E-state index is 8.98. The first-order chi connectivity index (χ1) is 13.2. The van der Waals surface area contributed by atoms with Gasteiger partial charge >= 0.3 is 0 Å². The van der Waals surface area contributed by atoms with Gasteiger partial charge in [-0.3, -0.25) is 0 Å². The molecule has 1 aliphatic rings. The van der Waals surface area contributed by atoms with Crippen LogP contribution in [-0.4, -0.2) is 36.1 Å². The van der Waals surface area contributed by atoms with Gasteiger partial charge < -0.3 is 9.88 Å². The van der Waals surface area contributed by atoms with E-state index in [0.29, 0.717) is 11.5 Å². The van der Waals surface area contributed by atoms with Gasteiger partial charge in [-0.1, -0.05) is 6.07 Å². The van der Waals surface area contributed by atoms with E-state index in [1.165, 1.54) is 11.8 Å². The number of hydrogen-bond acceptors (Lipinski definition) is 6. The highest BCUT2D eigenvalue weighted by molar-refractivity contribution is 5.57. The zero-order valence-corrected chi connectivity index (χ0v) is 14.7. The number of pyridine rings is 1. The lowest BCUT2D eigenvalue weighted by Gasteiger charge is -2.34. The molecule has 27 heavy (non-hydrogen) atoms. The Morgan fingerprint density at radius 2 is 2.19 bits per heavy atom. The quantitative estimate of drug-likeness (QED) is 0.591. The van der Waals surface area contributed by atoms with Crippen LogP contribution in [0.3, 0.4) is 0 Å². The molecule has 0 amide bonds. The fourth-order valence-corrected chi connectivity index (χ4v) is 3.66. The number of nitrogens with one attached hydrogen (secondary N) is 1. The van der Waals surface area contributed by atoms with Crippen molar-refractivity contribution >= 4 is 11.3 Å². The van der Waals surface area contributed by atoms with Gasteiger partial charge in [0.05, 0.1) is 35.6 Å². The lowest BCUT2D eigenvalue weighted by Crippen LogP contribution is -2.37. The fraction of sp³-hybridized carbons (Fsp3) is 0.211. The lowest BCUT2D eigenvalue weighted by molar-refractivity contribution is 0.609. The van der Waals surface area contributed by atoms with Crippen molar-refractivity contribution < 1.29 is 0 Å². The molecule has 5 heterocycles. The summed E-state index contributed by atoms with van der Waals surface area (Å²) >= 11 is 0. The van der Waals surface area contributed by atoms with E-state index >= 15 is 0 Å². The third-order valence-corrected chi connectivity index (χ3v) is 4.98. The van der Waals surface area contributed by atoms with Crippen LogP contribution in [0.2, 0.25) is 0 Å². The predicted octanol–water partition coefficient (Wildman–Crippen LogP) is 2.18. The summed E-state index contributed by atoms with van der Waals surface area (Å²) in [6, 6.07) is 8.01. The SMILES string of the molecule is Cc1cccn2nc([C@H]3c4nc[nH]c4CCN3c3cnc(C#N)cn3)cc12. The first-order valence-electron chi connectivity index (χ1n) is 8.70. The first-order valence-corrected chi connectivity index (χ1v) is 8.70. The molecule has 0 bridgehead atoms. The highest BCUT2D eigenvalue weighted by atomic mass is 15.3. The standard InChI is InChI=1S/C19H16N8/c1-12-3-2-5-27-16(12)7-15(25-27)19-18-14(23-11-24-18)4-6-26(19)17-10-21-13(8-20)9-22-17/h2-3,5,7,9-11,19H,4,6H2,1H3,(H,23,24)/t19-/m0/s1. The molecule has 1 aliphatic heterocycles. The first kappa shape index (κ1) is 15.5. The minimum Gasteiger partial charge on any atom is -0.348 e. The zero-order chi connectivity index (χ0) is 18.4. The summed E-state index contributed by atoms with van der Waals surface area (Å²) in [5.74, 6) is 0.710. The second-order valence-corrected chi connectivity index (χ2v) is 6.57. The zero-order valence-electron chi connectivity index (χ0n) is 14.7. The van der Waals surface area contributed by atoms with Gasteiger partial charge in [-0.15, -0.1) is 0 Å². The van der Waals surface area contributed by atoms with Crippen LogP contribution in [0.25, 0.3) is 5.52 Å². The van der Waals surface area contributed by atoms with Crippen molar-refractivity contribution in [3.8, 4) is 6.07 Å². The van der Waals surface area contributed by atoms with Gasteiger partial charge in [-0.2, -0.15) is 10.4 Å². The van der Waals surface area contributed by atoms with Crippen LogP contribution in [-0.2, 0) is 6.42 Å². The molecule has 0 spiro atoms. The molecule has 8 nitrogen and oxygen atoms in total. The molecule has 1 N–H and O–H groups in total. The van der Waals surface area contributed by atoms with Crippen LogP contribution < -0.4 is 4.90 Å². The van der Waals surface area contributed by atoms with Gasteiger partial charge in [0.2, 0.25) is 0 Å². The summed E-state index contributed by atoms with van der Waals surface area (Å²) in [5, 5.41) is 13.8. The Balaban J connectivity index is 1.66. The van der Waals surface area contributed by atoms with Crippen molar-refractivity contribution in [2.24, 2.45) is 0 Å². The summed E-state index contributed by atoms with van der Waals surface area (Å²) < 4.78 is 1.90. The summed E-state index contributed by atoms with van der Waals surface area (Å²) in [6.07, 6.45) is 7.66. The number of rotatable bonds is 2. The number of H-pyrrole nitrogens is 1. The molecular formula is C19H16N8. The summed E-state index contributed by atoms with van der Waals surface area (Å²) in [7, 11) is 0. The number of aryl methyl sites for hydroxylation is 1. The Morgan fingerprint density at radius 3 is 2.96 bits per heavy atom. The number of imidazole rings is 1. The second-order valence-electron chi connectivity index (χ2n) is 6.57. The molecule has 132 valence electrons. The normalized spacial score (nSPS) is 16.3. The number of nitrogens with zero attached hydrogens (tertiary/aromatic N) is 7. The molecule has 4 aromatic rings. The third-order valence-electron chi connectivity index (χ3n) is 4.98. The monoisotopic (exact) mass is 356 g/mol. The predicted molar refractivity (Wildman–Crippen MR) is 98.2 cm³/mol. The molecule has 4 aromatic heterocycles. The molecule has 0 fully saturated rings. The average molecular weight is 356 g/mol. The van der Waals surface area contributed by atoms with Crippen LogP contribution >= 0.6 is 0 Å². The molecule has 1 atom stereocenters. The van der Waals surface area contributed by atoms with E-state index in [-0.39, 0.29) is 6.04 Å². The number of hydrogen-bond donors (Lipinski definition) is 1. The van der Waals surface area contributed by atoms with E-state index in [0.717, 1.165) is 35.6 Å². The number of aromatic nitrogens is 6. The molecule has 0 saturated carbocycles. The number of aromatic amines is 1. The minimum atomic E-state index is -0.165. The molecule has 0 aromatic carbocycles.